The SMILES string of the molecule is CCC(=O)c1ccc(N2CCCC2C(C)C)cn1. The molecule has 1 unspecified atom stereocenters. The van der Waals surface area contributed by atoms with E-state index in [1.54, 1.807) is 0 Å². The lowest BCUT2D eigenvalue weighted by Gasteiger charge is -2.29. The minimum Gasteiger partial charge on any atom is -0.367 e. The number of anilines is 1. The molecule has 1 atom stereocenters. The smallest absolute Gasteiger partial charge is 0.180 e. The molecule has 1 aliphatic rings. The fourth-order valence-electron chi connectivity index (χ4n) is 2.71. The number of rotatable bonds is 4. The lowest BCUT2D eigenvalue weighted by atomic mass is 10.0. The number of hydrogen-bond donors (Lipinski definition) is 0. The first-order valence-corrected chi connectivity index (χ1v) is 6.89. The third-order valence-corrected chi connectivity index (χ3v) is 3.76. The molecule has 1 aromatic heterocycles. The van der Waals surface area contributed by atoms with E-state index in [-0.39, 0.29) is 5.78 Å². The van der Waals surface area contributed by atoms with Gasteiger partial charge in [-0.1, -0.05) is 20.8 Å². The maximum absolute atomic E-state index is 11.5. The van der Waals surface area contributed by atoms with Crippen LogP contribution >= 0.6 is 0 Å². The number of pyridine rings is 1. The van der Waals surface area contributed by atoms with Crippen LogP contribution in [0, 0.1) is 5.92 Å². The van der Waals surface area contributed by atoms with Gasteiger partial charge in [0, 0.05) is 19.0 Å². The highest BCUT2D eigenvalue weighted by atomic mass is 16.1. The zero-order valence-corrected chi connectivity index (χ0v) is 11.5. The quantitative estimate of drug-likeness (QED) is 0.764. The number of nitrogens with zero attached hydrogens (tertiary/aromatic N) is 2. The van der Waals surface area contributed by atoms with Crippen molar-refractivity contribution in [2.24, 2.45) is 5.92 Å². The van der Waals surface area contributed by atoms with Crippen LogP contribution in [0.15, 0.2) is 18.3 Å². The van der Waals surface area contributed by atoms with E-state index in [0.717, 1.165) is 12.2 Å². The minimum atomic E-state index is 0.114. The fourth-order valence-corrected chi connectivity index (χ4v) is 2.71. The predicted molar refractivity (Wildman–Crippen MR) is 74.1 cm³/mol. The Morgan fingerprint density at radius 3 is 2.83 bits per heavy atom. The second-order valence-corrected chi connectivity index (χ2v) is 5.33. The number of aromatic nitrogens is 1. The molecule has 18 heavy (non-hydrogen) atoms. The van der Waals surface area contributed by atoms with Crippen molar-refractivity contribution in [2.45, 2.75) is 46.1 Å². The van der Waals surface area contributed by atoms with Gasteiger partial charge in [0.1, 0.15) is 5.69 Å². The third kappa shape index (κ3) is 2.55. The standard InChI is InChI=1S/C15H22N2O/c1-4-15(18)13-8-7-12(10-16-13)17-9-5-6-14(17)11(2)3/h7-8,10-11,14H,4-6,9H2,1-3H3. The van der Waals surface area contributed by atoms with Crippen LogP contribution in [0.5, 0.6) is 0 Å². The molecule has 0 spiro atoms. The maximum atomic E-state index is 11.5. The van der Waals surface area contributed by atoms with Crippen molar-refractivity contribution in [1.29, 1.82) is 0 Å². The first-order valence-electron chi connectivity index (χ1n) is 6.89. The predicted octanol–water partition coefficient (Wildman–Crippen LogP) is 3.30. The first-order chi connectivity index (χ1) is 8.63. The van der Waals surface area contributed by atoms with E-state index < -0.39 is 0 Å². The molecular weight excluding hydrogens is 224 g/mol. The molecule has 1 aliphatic heterocycles. The molecule has 0 amide bonds. The van der Waals surface area contributed by atoms with Crippen molar-refractivity contribution in [2.75, 3.05) is 11.4 Å². The van der Waals surface area contributed by atoms with Crippen molar-refractivity contribution in [3.05, 3.63) is 24.0 Å². The molecule has 3 heteroatoms. The molecule has 0 bridgehead atoms. The van der Waals surface area contributed by atoms with Crippen LogP contribution in [0.25, 0.3) is 0 Å². The highest BCUT2D eigenvalue weighted by molar-refractivity contribution is 5.94. The van der Waals surface area contributed by atoms with Gasteiger partial charge in [0.2, 0.25) is 0 Å². The molecule has 98 valence electrons. The molecule has 1 aromatic rings. The lowest BCUT2D eigenvalue weighted by molar-refractivity contribution is 0.0983. The number of ketones is 1. The Hall–Kier alpha value is -1.38. The summed E-state index contributed by atoms with van der Waals surface area (Å²) in [4.78, 5) is 18.3. The van der Waals surface area contributed by atoms with E-state index in [9.17, 15) is 4.79 Å². The van der Waals surface area contributed by atoms with Gasteiger partial charge in [0.05, 0.1) is 11.9 Å². The van der Waals surface area contributed by atoms with Crippen molar-refractivity contribution >= 4 is 11.5 Å². The summed E-state index contributed by atoms with van der Waals surface area (Å²) < 4.78 is 0. The first kappa shape index (κ1) is 13.1. The van der Waals surface area contributed by atoms with Gasteiger partial charge in [-0.2, -0.15) is 0 Å². The van der Waals surface area contributed by atoms with E-state index in [1.807, 2.05) is 25.3 Å². The van der Waals surface area contributed by atoms with Gasteiger partial charge in [-0.3, -0.25) is 9.78 Å². The summed E-state index contributed by atoms with van der Waals surface area (Å²) >= 11 is 0. The van der Waals surface area contributed by atoms with Gasteiger partial charge in [-0.25, -0.2) is 0 Å². The third-order valence-electron chi connectivity index (χ3n) is 3.76. The largest absolute Gasteiger partial charge is 0.367 e. The molecule has 0 saturated carbocycles. The van der Waals surface area contributed by atoms with Crippen molar-refractivity contribution in [3.8, 4) is 0 Å². The lowest BCUT2D eigenvalue weighted by Crippen LogP contribution is -2.33. The Bertz CT molecular complexity index is 411. The molecule has 2 rings (SSSR count). The second-order valence-electron chi connectivity index (χ2n) is 5.33. The van der Waals surface area contributed by atoms with E-state index in [2.05, 4.69) is 23.7 Å². The van der Waals surface area contributed by atoms with Crippen LogP contribution in [-0.2, 0) is 0 Å². The molecule has 0 aromatic carbocycles. The van der Waals surface area contributed by atoms with Crippen LogP contribution in [0.4, 0.5) is 5.69 Å². The van der Waals surface area contributed by atoms with Crippen LogP contribution in [0.1, 0.15) is 50.5 Å². The Balaban J connectivity index is 2.16. The summed E-state index contributed by atoms with van der Waals surface area (Å²) in [6.07, 6.45) is 4.88. The van der Waals surface area contributed by atoms with Crippen LogP contribution < -0.4 is 4.90 Å². The van der Waals surface area contributed by atoms with Crippen molar-refractivity contribution < 1.29 is 4.79 Å². The number of carbonyl (C=O) groups excluding carboxylic acids is 1. The zero-order valence-electron chi connectivity index (χ0n) is 11.5. The van der Waals surface area contributed by atoms with Gasteiger partial charge in [-0.05, 0) is 30.9 Å². The summed E-state index contributed by atoms with van der Waals surface area (Å²) in [5, 5.41) is 0. The molecule has 1 fully saturated rings. The number of hydrogen-bond acceptors (Lipinski definition) is 3. The minimum absolute atomic E-state index is 0.114. The Kier molecular flexibility index (Phi) is 4.00. The maximum Gasteiger partial charge on any atom is 0.180 e. The fraction of sp³-hybridized carbons (Fsp3) is 0.600. The van der Waals surface area contributed by atoms with Crippen molar-refractivity contribution in [1.82, 2.24) is 4.98 Å². The van der Waals surface area contributed by atoms with Gasteiger partial charge < -0.3 is 4.90 Å². The summed E-state index contributed by atoms with van der Waals surface area (Å²) in [5.74, 6) is 0.771. The van der Waals surface area contributed by atoms with E-state index in [1.165, 1.54) is 12.8 Å². The van der Waals surface area contributed by atoms with Gasteiger partial charge in [-0.15, -0.1) is 0 Å². The normalized spacial score (nSPS) is 19.6. The van der Waals surface area contributed by atoms with Gasteiger partial charge in [0.15, 0.2) is 5.78 Å². The van der Waals surface area contributed by atoms with E-state index in [4.69, 9.17) is 0 Å². The highest BCUT2D eigenvalue weighted by Gasteiger charge is 2.27. The summed E-state index contributed by atoms with van der Waals surface area (Å²) in [5.41, 5.74) is 1.74. The molecule has 0 aliphatic carbocycles. The average molecular weight is 246 g/mol. The van der Waals surface area contributed by atoms with E-state index in [0.29, 0.717) is 24.1 Å². The molecule has 0 radical (unpaired) electrons. The monoisotopic (exact) mass is 246 g/mol. The topological polar surface area (TPSA) is 33.2 Å². The molecule has 2 heterocycles. The molecular formula is C15H22N2O. The molecule has 3 nitrogen and oxygen atoms in total. The van der Waals surface area contributed by atoms with Gasteiger partial charge in [0.25, 0.3) is 0 Å². The summed E-state index contributed by atoms with van der Waals surface area (Å²) in [6.45, 7) is 7.51. The molecule has 0 N–H and O–H groups in total. The van der Waals surface area contributed by atoms with Crippen LogP contribution in [0.2, 0.25) is 0 Å². The molecule has 1 saturated heterocycles. The summed E-state index contributed by atoms with van der Waals surface area (Å²) in [7, 11) is 0. The highest BCUT2D eigenvalue weighted by Crippen LogP contribution is 2.29. The summed E-state index contributed by atoms with van der Waals surface area (Å²) in [6, 6.07) is 4.51. The zero-order chi connectivity index (χ0) is 13.1. The van der Waals surface area contributed by atoms with E-state index >= 15 is 0 Å². The van der Waals surface area contributed by atoms with Gasteiger partial charge >= 0.3 is 0 Å². The van der Waals surface area contributed by atoms with Crippen molar-refractivity contribution in [3.63, 3.8) is 0 Å². The Morgan fingerprint density at radius 2 is 2.28 bits per heavy atom. The Labute approximate surface area is 109 Å². The average Bonchev–Trinajstić information content (AvgIpc) is 2.87. The van der Waals surface area contributed by atoms with Crippen LogP contribution in [-0.4, -0.2) is 23.4 Å². The number of carbonyl (C=O) groups is 1. The Morgan fingerprint density at radius 1 is 1.50 bits per heavy atom. The van der Waals surface area contributed by atoms with Crippen LogP contribution in [0.3, 0.4) is 0 Å². The number of Topliss-reactive ketones (excluding diaryl/α,β-unsaturated/α-hetero) is 1. The second kappa shape index (κ2) is 5.51.